The second-order valence-corrected chi connectivity index (χ2v) is 9.25. The van der Waals surface area contributed by atoms with E-state index in [0.717, 1.165) is 32.9 Å². The van der Waals surface area contributed by atoms with Gasteiger partial charge in [-0.1, -0.05) is 11.6 Å². The van der Waals surface area contributed by atoms with Gasteiger partial charge in [0, 0.05) is 10.4 Å². The van der Waals surface area contributed by atoms with Crippen molar-refractivity contribution in [3.8, 4) is 5.69 Å². The fourth-order valence-electron chi connectivity index (χ4n) is 2.99. The normalized spacial score (nSPS) is 12.0. The van der Waals surface area contributed by atoms with Gasteiger partial charge in [-0.15, -0.1) is 22.7 Å². The van der Waals surface area contributed by atoms with Crippen LogP contribution in [0.5, 0.6) is 0 Å². The van der Waals surface area contributed by atoms with Gasteiger partial charge in [-0.3, -0.25) is 9.59 Å². The Morgan fingerprint density at radius 3 is 2.62 bits per heavy atom. The zero-order chi connectivity index (χ0) is 23.0. The molecule has 0 spiro atoms. The van der Waals surface area contributed by atoms with E-state index in [-0.39, 0.29) is 5.56 Å². The van der Waals surface area contributed by atoms with Crippen molar-refractivity contribution in [1.29, 1.82) is 0 Å². The Morgan fingerprint density at radius 2 is 1.94 bits per heavy atom. The molecule has 1 unspecified atom stereocenters. The van der Waals surface area contributed by atoms with Crippen molar-refractivity contribution in [1.82, 2.24) is 9.78 Å². The van der Waals surface area contributed by atoms with Crippen LogP contribution in [0.15, 0.2) is 41.8 Å². The maximum absolute atomic E-state index is 12.7. The number of aromatic nitrogens is 2. The quantitative estimate of drug-likeness (QED) is 0.390. The SMILES string of the molecule is Cc1nn(-c2ccc(Cl)cc2)c2sc(C(=O)OC(C)C(=O)Nc3sccc3C(N)=O)cc12. The number of ether oxygens (including phenoxy) is 1. The molecule has 3 heterocycles. The molecule has 0 fully saturated rings. The van der Waals surface area contributed by atoms with Gasteiger partial charge in [0.15, 0.2) is 6.10 Å². The summed E-state index contributed by atoms with van der Waals surface area (Å²) in [6, 6.07) is 10.4. The number of rotatable bonds is 6. The van der Waals surface area contributed by atoms with Crippen LogP contribution >= 0.6 is 34.3 Å². The van der Waals surface area contributed by atoms with E-state index >= 15 is 0 Å². The van der Waals surface area contributed by atoms with Gasteiger partial charge in [-0.2, -0.15) is 5.10 Å². The van der Waals surface area contributed by atoms with E-state index in [0.29, 0.717) is 14.9 Å². The molecule has 0 bridgehead atoms. The van der Waals surface area contributed by atoms with E-state index in [2.05, 4.69) is 10.4 Å². The summed E-state index contributed by atoms with van der Waals surface area (Å²) in [6.07, 6.45) is -1.08. The largest absolute Gasteiger partial charge is 0.448 e. The van der Waals surface area contributed by atoms with E-state index < -0.39 is 23.9 Å². The number of hydrogen-bond acceptors (Lipinski definition) is 7. The summed E-state index contributed by atoms with van der Waals surface area (Å²) in [5, 5.41) is 10.5. The molecule has 3 N–H and O–H groups in total. The number of nitrogens with two attached hydrogens (primary N) is 1. The van der Waals surface area contributed by atoms with Gasteiger partial charge in [0.2, 0.25) is 0 Å². The first-order valence-electron chi connectivity index (χ1n) is 9.39. The third-order valence-electron chi connectivity index (χ3n) is 4.64. The maximum atomic E-state index is 12.7. The fourth-order valence-corrected chi connectivity index (χ4v) is 4.98. The Balaban J connectivity index is 1.52. The second-order valence-electron chi connectivity index (χ2n) is 6.87. The molecule has 0 radical (unpaired) electrons. The molecule has 1 atom stereocenters. The van der Waals surface area contributed by atoms with Gasteiger partial charge in [-0.05, 0) is 55.6 Å². The number of thiophene rings is 2. The number of anilines is 1. The molecule has 3 aromatic heterocycles. The van der Waals surface area contributed by atoms with Crippen molar-refractivity contribution < 1.29 is 19.1 Å². The minimum atomic E-state index is -1.08. The zero-order valence-electron chi connectivity index (χ0n) is 16.9. The van der Waals surface area contributed by atoms with Gasteiger partial charge in [-0.25, -0.2) is 9.48 Å². The highest BCUT2D eigenvalue weighted by Gasteiger charge is 2.24. The van der Waals surface area contributed by atoms with E-state index in [9.17, 15) is 14.4 Å². The minimum Gasteiger partial charge on any atom is -0.448 e. The lowest BCUT2D eigenvalue weighted by molar-refractivity contribution is -0.123. The molecule has 0 saturated carbocycles. The number of primary amides is 1. The van der Waals surface area contributed by atoms with Gasteiger partial charge < -0.3 is 15.8 Å². The number of esters is 1. The number of fused-ring (bicyclic) bond motifs is 1. The molecule has 1 aromatic carbocycles. The van der Waals surface area contributed by atoms with Crippen LogP contribution in [0.1, 0.15) is 32.6 Å². The standard InChI is InChI=1S/C21H17ClN4O4S2/c1-10-15-9-16(32-20(15)26(25-10)13-5-3-12(22)4-6-13)21(29)30-11(2)18(28)24-19-14(17(23)27)7-8-31-19/h3-9,11H,1-2H3,(H2,23,27)(H,24,28). The summed E-state index contributed by atoms with van der Waals surface area (Å²) in [5.74, 6) is -1.84. The highest BCUT2D eigenvalue weighted by Crippen LogP contribution is 2.31. The first kappa shape index (κ1) is 22.0. The smallest absolute Gasteiger partial charge is 0.349 e. The number of nitrogens with one attached hydrogen (secondary N) is 1. The summed E-state index contributed by atoms with van der Waals surface area (Å²) < 4.78 is 7.09. The molecule has 0 saturated heterocycles. The molecule has 8 nitrogen and oxygen atoms in total. The fraction of sp³-hybridized carbons (Fsp3) is 0.143. The van der Waals surface area contributed by atoms with Crippen LogP contribution in [-0.4, -0.2) is 33.7 Å². The van der Waals surface area contributed by atoms with Crippen LogP contribution in [0.3, 0.4) is 0 Å². The predicted octanol–water partition coefficient (Wildman–Crippen LogP) is 4.39. The molecule has 11 heteroatoms. The molecule has 164 valence electrons. The zero-order valence-corrected chi connectivity index (χ0v) is 19.3. The average molecular weight is 489 g/mol. The Hall–Kier alpha value is -3.21. The Labute approximate surface area is 195 Å². The number of benzene rings is 1. The van der Waals surface area contributed by atoms with Crippen LogP contribution in [0, 0.1) is 6.92 Å². The molecular formula is C21H17ClN4O4S2. The minimum absolute atomic E-state index is 0.202. The number of carbonyl (C=O) groups is 3. The van der Waals surface area contributed by atoms with Crippen LogP contribution in [0.25, 0.3) is 15.9 Å². The highest BCUT2D eigenvalue weighted by atomic mass is 35.5. The van der Waals surface area contributed by atoms with Crippen LogP contribution in [0.2, 0.25) is 5.02 Å². The number of hydrogen-bond donors (Lipinski definition) is 2. The first-order chi connectivity index (χ1) is 15.2. The Bertz CT molecular complexity index is 1340. The summed E-state index contributed by atoms with van der Waals surface area (Å²) >= 11 is 8.34. The predicted molar refractivity (Wildman–Crippen MR) is 125 cm³/mol. The molecule has 4 aromatic rings. The van der Waals surface area contributed by atoms with Crippen molar-refractivity contribution in [2.75, 3.05) is 5.32 Å². The van der Waals surface area contributed by atoms with Gasteiger partial charge >= 0.3 is 5.97 Å². The van der Waals surface area contributed by atoms with Gasteiger partial charge in [0.25, 0.3) is 11.8 Å². The number of halogens is 1. The van der Waals surface area contributed by atoms with Crippen molar-refractivity contribution >= 4 is 67.3 Å². The number of nitrogens with zero attached hydrogens (tertiary/aromatic N) is 2. The van der Waals surface area contributed by atoms with Gasteiger partial charge in [0.05, 0.1) is 16.9 Å². The van der Waals surface area contributed by atoms with Crippen molar-refractivity contribution in [2.45, 2.75) is 20.0 Å². The number of carbonyl (C=O) groups excluding carboxylic acids is 3. The lowest BCUT2D eigenvalue weighted by Gasteiger charge is -2.12. The lowest BCUT2D eigenvalue weighted by atomic mass is 10.3. The third kappa shape index (κ3) is 4.24. The van der Waals surface area contributed by atoms with Crippen molar-refractivity contribution in [3.63, 3.8) is 0 Å². The molecule has 32 heavy (non-hydrogen) atoms. The summed E-state index contributed by atoms with van der Waals surface area (Å²) in [4.78, 5) is 37.7. The molecular weight excluding hydrogens is 472 g/mol. The summed E-state index contributed by atoms with van der Waals surface area (Å²) in [7, 11) is 0. The van der Waals surface area contributed by atoms with E-state index in [1.54, 1.807) is 28.3 Å². The third-order valence-corrected chi connectivity index (χ3v) is 6.81. The highest BCUT2D eigenvalue weighted by molar-refractivity contribution is 7.20. The summed E-state index contributed by atoms with van der Waals surface area (Å²) in [5.41, 5.74) is 7.05. The van der Waals surface area contributed by atoms with Crippen LogP contribution in [-0.2, 0) is 9.53 Å². The topological polar surface area (TPSA) is 116 Å². The van der Waals surface area contributed by atoms with E-state index in [1.807, 2.05) is 19.1 Å². The molecule has 0 aliphatic heterocycles. The van der Waals surface area contributed by atoms with Crippen LogP contribution in [0.4, 0.5) is 5.00 Å². The average Bonchev–Trinajstić information content (AvgIpc) is 3.45. The van der Waals surface area contributed by atoms with Gasteiger partial charge in [0.1, 0.15) is 14.7 Å². The van der Waals surface area contributed by atoms with Crippen LogP contribution < -0.4 is 11.1 Å². The van der Waals surface area contributed by atoms with Crippen molar-refractivity contribution in [2.24, 2.45) is 5.73 Å². The second kappa shape index (κ2) is 8.73. The number of aryl methyl sites for hydroxylation is 1. The molecule has 0 aliphatic rings. The molecule has 0 aliphatic carbocycles. The number of amides is 2. The monoisotopic (exact) mass is 488 g/mol. The maximum Gasteiger partial charge on any atom is 0.349 e. The van der Waals surface area contributed by atoms with Crippen molar-refractivity contribution in [3.05, 3.63) is 62.9 Å². The van der Waals surface area contributed by atoms with E-state index in [1.165, 1.54) is 24.3 Å². The molecule has 2 amide bonds. The van der Waals surface area contributed by atoms with E-state index in [4.69, 9.17) is 22.1 Å². The molecule has 4 rings (SSSR count). The summed E-state index contributed by atoms with van der Waals surface area (Å²) in [6.45, 7) is 3.31. The Morgan fingerprint density at radius 1 is 1.22 bits per heavy atom. The lowest BCUT2D eigenvalue weighted by Crippen LogP contribution is -2.30. The Kier molecular flexibility index (Phi) is 6.00. The first-order valence-corrected chi connectivity index (χ1v) is 11.5.